The van der Waals surface area contributed by atoms with E-state index in [9.17, 15) is 4.79 Å². The third-order valence-corrected chi connectivity index (χ3v) is 5.97. The Labute approximate surface area is 188 Å². The standard InChI is InChI=1S/C23H32N8O/c1-5-15-12-17-21(32)27-14-18(23(2,3)4)31(17)20(15)29-22(24)28-19-7-6-16(13-26-19)30-10-8-25-9-11-30/h5-7,12-13,18,25H,1,8-11,14H2,2-4H3,(H,27,32)(H3,24,26,28,29)/t18-/m1/s1. The summed E-state index contributed by atoms with van der Waals surface area (Å²) in [4.78, 5) is 23.9. The van der Waals surface area contributed by atoms with Crippen molar-refractivity contribution >= 4 is 35.3 Å². The van der Waals surface area contributed by atoms with Gasteiger partial charge in [0, 0.05) is 38.3 Å². The molecule has 170 valence electrons. The lowest BCUT2D eigenvalue weighted by Gasteiger charge is -2.37. The third kappa shape index (κ3) is 4.34. The number of fused-ring (bicyclic) bond motifs is 1. The highest BCUT2D eigenvalue weighted by atomic mass is 16.2. The number of carbonyl (C=O) groups excluding carboxylic acids is 1. The van der Waals surface area contributed by atoms with Gasteiger partial charge in [0.2, 0.25) is 5.96 Å². The van der Waals surface area contributed by atoms with Gasteiger partial charge in [-0.05, 0) is 23.6 Å². The van der Waals surface area contributed by atoms with E-state index in [4.69, 9.17) is 5.73 Å². The smallest absolute Gasteiger partial charge is 0.268 e. The number of rotatable bonds is 4. The predicted molar refractivity (Wildman–Crippen MR) is 130 cm³/mol. The van der Waals surface area contributed by atoms with Crippen LogP contribution in [-0.4, -0.2) is 54.1 Å². The Balaban J connectivity index is 1.61. The highest BCUT2D eigenvalue weighted by Crippen LogP contribution is 2.39. The van der Waals surface area contributed by atoms with Crippen LogP contribution in [0.5, 0.6) is 0 Å². The number of nitrogens with two attached hydrogens (primary N) is 1. The Morgan fingerprint density at radius 1 is 1.34 bits per heavy atom. The number of nitrogens with zero attached hydrogens (tertiary/aromatic N) is 4. The lowest BCUT2D eigenvalue weighted by Crippen LogP contribution is -2.43. The second kappa shape index (κ2) is 8.66. The predicted octanol–water partition coefficient (Wildman–Crippen LogP) is 2.32. The van der Waals surface area contributed by atoms with E-state index in [1.165, 1.54) is 0 Å². The van der Waals surface area contributed by atoms with Crippen LogP contribution in [-0.2, 0) is 0 Å². The third-order valence-electron chi connectivity index (χ3n) is 5.97. The fraction of sp³-hybridized carbons (Fsp3) is 0.435. The van der Waals surface area contributed by atoms with Gasteiger partial charge in [0.05, 0.1) is 17.9 Å². The van der Waals surface area contributed by atoms with Gasteiger partial charge in [-0.3, -0.25) is 4.79 Å². The maximum atomic E-state index is 12.5. The zero-order valence-electron chi connectivity index (χ0n) is 19.0. The molecule has 0 aliphatic carbocycles. The van der Waals surface area contributed by atoms with E-state index in [2.05, 4.69) is 58.2 Å². The molecule has 2 aromatic rings. The SMILES string of the molecule is C=Cc1cc2n(c1/N=C(\N)Nc1ccc(N3CCNCC3)cn1)[C@@H](C(C)(C)C)CNC2=O. The second-order valence-corrected chi connectivity index (χ2v) is 9.24. The summed E-state index contributed by atoms with van der Waals surface area (Å²) in [6.45, 7) is 14.7. The van der Waals surface area contributed by atoms with Crippen molar-refractivity contribution in [3.05, 3.63) is 42.2 Å². The molecule has 2 aliphatic rings. The fourth-order valence-corrected chi connectivity index (χ4v) is 4.20. The molecule has 9 heteroatoms. The molecule has 4 heterocycles. The van der Waals surface area contributed by atoms with Crippen molar-refractivity contribution in [2.45, 2.75) is 26.8 Å². The number of guanidine groups is 1. The van der Waals surface area contributed by atoms with Crippen LogP contribution in [0.15, 0.2) is 36.0 Å². The van der Waals surface area contributed by atoms with Crippen molar-refractivity contribution in [3.8, 4) is 0 Å². The normalized spacial score (nSPS) is 19.3. The molecule has 1 fully saturated rings. The maximum absolute atomic E-state index is 12.5. The van der Waals surface area contributed by atoms with Crippen molar-refractivity contribution in [1.29, 1.82) is 0 Å². The molecular formula is C23H32N8O. The lowest BCUT2D eigenvalue weighted by atomic mass is 9.85. The Hall–Kier alpha value is -3.33. The van der Waals surface area contributed by atoms with Gasteiger partial charge in [-0.25, -0.2) is 4.98 Å². The molecule has 4 rings (SSSR count). The molecule has 32 heavy (non-hydrogen) atoms. The van der Waals surface area contributed by atoms with Gasteiger partial charge in [-0.1, -0.05) is 33.4 Å². The van der Waals surface area contributed by atoms with Crippen LogP contribution in [0.1, 0.15) is 42.9 Å². The second-order valence-electron chi connectivity index (χ2n) is 9.24. The van der Waals surface area contributed by atoms with Crippen LogP contribution in [0, 0.1) is 5.41 Å². The number of pyridine rings is 1. The molecule has 2 aromatic heterocycles. The Bertz CT molecular complexity index is 1030. The first-order valence-corrected chi connectivity index (χ1v) is 11.0. The number of carbonyl (C=O) groups is 1. The van der Waals surface area contributed by atoms with Gasteiger partial charge in [0.25, 0.3) is 5.91 Å². The molecule has 0 unspecified atom stereocenters. The summed E-state index contributed by atoms with van der Waals surface area (Å²) in [6, 6.07) is 5.77. The first kappa shape index (κ1) is 21.9. The van der Waals surface area contributed by atoms with Gasteiger partial charge in [0.1, 0.15) is 17.3 Å². The van der Waals surface area contributed by atoms with Crippen LogP contribution >= 0.6 is 0 Å². The lowest BCUT2D eigenvalue weighted by molar-refractivity contribution is 0.0882. The molecule has 0 spiro atoms. The van der Waals surface area contributed by atoms with E-state index in [-0.39, 0.29) is 23.3 Å². The minimum absolute atomic E-state index is 0.0342. The largest absolute Gasteiger partial charge is 0.369 e. The van der Waals surface area contributed by atoms with E-state index >= 15 is 0 Å². The van der Waals surface area contributed by atoms with Crippen LogP contribution in [0.4, 0.5) is 17.3 Å². The van der Waals surface area contributed by atoms with E-state index < -0.39 is 0 Å². The zero-order chi connectivity index (χ0) is 22.9. The van der Waals surface area contributed by atoms with E-state index in [0.717, 1.165) is 37.4 Å². The minimum atomic E-state index is -0.119. The first-order chi connectivity index (χ1) is 15.3. The monoisotopic (exact) mass is 436 g/mol. The van der Waals surface area contributed by atoms with Crippen molar-refractivity contribution in [2.75, 3.05) is 42.9 Å². The fourth-order valence-electron chi connectivity index (χ4n) is 4.20. The summed E-state index contributed by atoms with van der Waals surface area (Å²) >= 11 is 0. The van der Waals surface area contributed by atoms with Crippen molar-refractivity contribution < 1.29 is 4.79 Å². The van der Waals surface area contributed by atoms with Crippen LogP contribution < -0.4 is 26.6 Å². The van der Waals surface area contributed by atoms with Gasteiger partial charge in [-0.2, -0.15) is 4.99 Å². The first-order valence-electron chi connectivity index (χ1n) is 11.0. The van der Waals surface area contributed by atoms with Crippen LogP contribution in [0.3, 0.4) is 0 Å². The molecule has 5 N–H and O–H groups in total. The molecule has 0 bridgehead atoms. The zero-order valence-corrected chi connectivity index (χ0v) is 19.0. The molecular weight excluding hydrogens is 404 g/mol. The van der Waals surface area contributed by atoms with Gasteiger partial charge in [0.15, 0.2) is 0 Å². The molecule has 1 saturated heterocycles. The van der Waals surface area contributed by atoms with Crippen molar-refractivity contribution in [1.82, 2.24) is 20.2 Å². The topological polar surface area (TPSA) is 113 Å². The highest BCUT2D eigenvalue weighted by Gasteiger charge is 2.36. The highest BCUT2D eigenvalue weighted by molar-refractivity contribution is 5.97. The molecule has 2 aliphatic heterocycles. The number of anilines is 2. The number of aromatic nitrogens is 2. The average molecular weight is 437 g/mol. The number of nitrogens with one attached hydrogen (secondary N) is 3. The summed E-state index contributed by atoms with van der Waals surface area (Å²) in [5, 5.41) is 9.40. The molecule has 0 radical (unpaired) electrons. The quantitative estimate of drug-likeness (QED) is 0.432. The number of hydrogen-bond donors (Lipinski definition) is 4. The number of hydrogen-bond acceptors (Lipinski definition) is 5. The maximum Gasteiger partial charge on any atom is 0.268 e. The Morgan fingerprint density at radius 2 is 2.09 bits per heavy atom. The van der Waals surface area contributed by atoms with Gasteiger partial charge in [-0.15, -0.1) is 0 Å². The Kier molecular flexibility index (Phi) is 5.92. The summed E-state index contributed by atoms with van der Waals surface area (Å²) in [5.74, 6) is 1.31. The summed E-state index contributed by atoms with van der Waals surface area (Å²) < 4.78 is 1.98. The van der Waals surface area contributed by atoms with Gasteiger partial charge < -0.3 is 31.2 Å². The number of amides is 1. The van der Waals surface area contributed by atoms with Crippen LogP contribution in [0.2, 0.25) is 0 Å². The molecule has 1 atom stereocenters. The molecule has 0 saturated carbocycles. The summed E-state index contributed by atoms with van der Waals surface area (Å²) in [6.07, 6.45) is 3.54. The van der Waals surface area contributed by atoms with E-state index in [0.29, 0.717) is 23.9 Å². The molecule has 9 nitrogen and oxygen atoms in total. The summed E-state index contributed by atoms with van der Waals surface area (Å²) in [5.41, 5.74) is 8.58. The van der Waals surface area contributed by atoms with Crippen molar-refractivity contribution in [3.63, 3.8) is 0 Å². The number of aliphatic imine (C=N–C) groups is 1. The van der Waals surface area contributed by atoms with Crippen LogP contribution in [0.25, 0.3) is 6.08 Å². The van der Waals surface area contributed by atoms with Gasteiger partial charge >= 0.3 is 0 Å². The van der Waals surface area contributed by atoms with Crippen molar-refractivity contribution in [2.24, 2.45) is 16.1 Å². The van der Waals surface area contributed by atoms with E-state index in [1.807, 2.05) is 29.0 Å². The Morgan fingerprint density at radius 3 is 2.72 bits per heavy atom. The molecule has 0 aromatic carbocycles. The molecule has 1 amide bonds. The summed E-state index contributed by atoms with van der Waals surface area (Å²) in [7, 11) is 0. The minimum Gasteiger partial charge on any atom is -0.369 e. The average Bonchev–Trinajstić information content (AvgIpc) is 3.13. The van der Waals surface area contributed by atoms with E-state index in [1.54, 1.807) is 6.08 Å². The number of piperazine rings is 1.